The van der Waals surface area contributed by atoms with Gasteiger partial charge in [-0.1, -0.05) is 89.9 Å². The summed E-state index contributed by atoms with van der Waals surface area (Å²) in [4.78, 5) is 31.7. The average Bonchev–Trinajstić information content (AvgIpc) is 3.85. The van der Waals surface area contributed by atoms with Crippen molar-refractivity contribution < 1.29 is 23.8 Å². The van der Waals surface area contributed by atoms with Gasteiger partial charge in [-0.25, -0.2) is 4.79 Å². The number of methoxy groups -OCH3 is 1. The van der Waals surface area contributed by atoms with Gasteiger partial charge in [-0.3, -0.25) is 4.79 Å². The van der Waals surface area contributed by atoms with Crippen LogP contribution in [0.4, 0.5) is 4.79 Å². The molecule has 3 atom stereocenters. The summed E-state index contributed by atoms with van der Waals surface area (Å²) in [5.41, 5.74) is 3.18. The van der Waals surface area contributed by atoms with Crippen LogP contribution in [0.1, 0.15) is 50.7 Å². The number of halogens is 2. The molecule has 3 aromatic rings. The second-order valence-corrected chi connectivity index (χ2v) is 13.3. The lowest BCUT2D eigenvalue weighted by Crippen LogP contribution is -2.56. The first-order valence-corrected chi connectivity index (χ1v) is 15.8. The zero-order valence-electron chi connectivity index (χ0n) is 25.7. The smallest absolute Gasteiger partial charge is 0.410 e. The van der Waals surface area contributed by atoms with Crippen molar-refractivity contribution in [3.05, 3.63) is 94.0 Å². The Morgan fingerprint density at radius 1 is 0.932 bits per heavy atom. The van der Waals surface area contributed by atoms with Gasteiger partial charge in [0.25, 0.3) is 0 Å². The lowest BCUT2D eigenvalue weighted by atomic mass is 9.77. The van der Waals surface area contributed by atoms with Crippen molar-refractivity contribution in [3.8, 4) is 11.1 Å². The monoisotopic (exact) mass is 638 g/mol. The third-order valence-electron chi connectivity index (χ3n) is 8.04. The van der Waals surface area contributed by atoms with Crippen molar-refractivity contribution in [2.45, 2.75) is 63.8 Å². The lowest BCUT2D eigenvalue weighted by molar-refractivity contribution is -0.148. The van der Waals surface area contributed by atoms with Crippen LogP contribution < -0.4 is 0 Å². The second kappa shape index (κ2) is 13.9. The molecule has 9 heteroatoms. The van der Waals surface area contributed by atoms with Crippen molar-refractivity contribution in [2.75, 3.05) is 27.0 Å². The van der Waals surface area contributed by atoms with Gasteiger partial charge in [-0.15, -0.1) is 0 Å². The number of amides is 2. The van der Waals surface area contributed by atoms with E-state index in [0.29, 0.717) is 16.6 Å². The molecule has 0 radical (unpaired) electrons. The summed E-state index contributed by atoms with van der Waals surface area (Å²) in [6.45, 7) is 6.28. The lowest BCUT2D eigenvalue weighted by Gasteiger charge is -2.44. The predicted molar refractivity (Wildman–Crippen MR) is 173 cm³/mol. The molecule has 0 bridgehead atoms. The molecule has 0 unspecified atom stereocenters. The minimum atomic E-state index is -0.691. The highest BCUT2D eigenvalue weighted by molar-refractivity contribution is 6.42. The highest BCUT2D eigenvalue weighted by atomic mass is 35.5. The molecule has 2 fully saturated rings. The van der Waals surface area contributed by atoms with Gasteiger partial charge in [-0.05, 0) is 61.9 Å². The summed E-state index contributed by atoms with van der Waals surface area (Å²) >= 11 is 12.9. The van der Waals surface area contributed by atoms with Crippen LogP contribution in [0.3, 0.4) is 0 Å². The molecule has 5 rings (SSSR count). The first-order valence-electron chi connectivity index (χ1n) is 15.0. The molecule has 1 aliphatic carbocycles. The molecule has 7 nitrogen and oxygen atoms in total. The average molecular weight is 640 g/mol. The van der Waals surface area contributed by atoms with Crippen LogP contribution >= 0.6 is 23.2 Å². The predicted octanol–water partition coefficient (Wildman–Crippen LogP) is 7.79. The van der Waals surface area contributed by atoms with Gasteiger partial charge < -0.3 is 24.0 Å². The molecular formula is C35H40Cl2N2O5. The third-order valence-corrected chi connectivity index (χ3v) is 8.90. The van der Waals surface area contributed by atoms with E-state index < -0.39 is 23.7 Å². The maximum absolute atomic E-state index is 14.8. The maximum Gasteiger partial charge on any atom is 0.410 e. The zero-order valence-corrected chi connectivity index (χ0v) is 27.2. The summed E-state index contributed by atoms with van der Waals surface area (Å²) in [6.07, 6.45) is 0.814. The van der Waals surface area contributed by atoms with Gasteiger partial charge >= 0.3 is 6.09 Å². The van der Waals surface area contributed by atoms with Crippen LogP contribution in [0.5, 0.6) is 0 Å². The summed E-state index contributed by atoms with van der Waals surface area (Å²) in [5.74, 6) is -1.02. The first kappa shape index (κ1) is 32.3. The topological polar surface area (TPSA) is 68.3 Å². The van der Waals surface area contributed by atoms with E-state index in [-0.39, 0.29) is 37.7 Å². The van der Waals surface area contributed by atoms with Crippen LogP contribution in [0.2, 0.25) is 10.0 Å². The largest absolute Gasteiger partial charge is 0.444 e. The quantitative estimate of drug-likeness (QED) is 0.224. The SMILES string of the molecule is COCO[C@@H]1CN(C(=O)OC(C)(C)C)C[C@H](C(=O)N(Cc2cccc(Cl)c2Cl)C2CC2)[C@H]1c1cccc(-c2ccccc2)c1. The third kappa shape index (κ3) is 7.75. The molecule has 0 spiro atoms. The molecule has 1 heterocycles. The van der Waals surface area contributed by atoms with Crippen molar-refractivity contribution in [1.29, 1.82) is 0 Å². The Hall–Kier alpha value is -3.10. The van der Waals surface area contributed by atoms with Gasteiger partial charge in [0.1, 0.15) is 12.4 Å². The molecule has 3 aromatic carbocycles. The number of nitrogens with zero attached hydrogens (tertiary/aromatic N) is 2. The number of hydrogen-bond acceptors (Lipinski definition) is 5. The van der Waals surface area contributed by atoms with E-state index in [1.807, 2.05) is 68.1 Å². The van der Waals surface area contributed by atoms with Crippen LogP contribution in [-0.4, -0.2) is 66.5 Å². The Kier molecular flexibility index (Phi) is 10.2. The number of likely N-dealkylation sites (tertiary alicyclic amines) is 1. The minimum Gasteiger partial charge on any atom is -0.444 e. The summed E-state index contributed by atoms with van der Waals surface area (Å²) < 4.78 is 17.3. The van der Waals surface area contributed by atoms with Gasteiger partial charge in [-0.2, -0.15) is 0 Å². The minimum absolute atomic E-state index is 0.0209. The Labute approximate surface area is 270 Å². The molecule has 2 aliphatic rings. The van der Waals surface area contributed by atoms with Crippen molar-refractivity contribution in [2.24, 2.45) is 5.92 Å². The molecule has 44 heavy (non-hydrogen) atoms. The normalized spacial score (nSPS) is 20.3. The van der Waals surface area contributed by atoms with E-state index in [9.17, 15) is 9.59 Å². The number of piperidine rings is 1. The zero-order chi connectivity index (χ0) is 31.4. The number of rotatable bonds is 9. The maximum atomic E-state index is 14.8. The van der Waals surface area contributed by atoms with E-state index in [2.05, 4.69) is 24.3 Å². The number of benzene rings is 3. The van der Waals surface area contributed by atoms with E-state index in [0.717, 1.165) is 35.1 Å². The standard InChI is InChI=1S/C35H40Cl2N2O5/c1-35(2,3)44-34(41)38-20-28(33(40)39(27-16-17-27)19-26-14-9-15-29(36)32(26)37)31(30(21-38)43-22-42-4)25-13-8-12-24(18-25)23-10-6-5-7-11-23/h5-15,18,27-28,30-31H,16-17,19-22H2,1-4H3/t28-,30+,31+/m0/s1. The first-order chi connectivity index (χ1) is 21.1. The number of carbonyl (C=O) groups excluding carboxylic acids is 2. The number of hydrogen-bond donors (Lipinski definition) is 0. The van der Waals surface area contributed by atoms with Crippen molar-refractivity contribution in [1.82, 2.24) is 9.80 Å². The Balaban J connectivity index is 1.56. The summed E-state index contributed by atoms with van der Waals surface area (Å²) in [7, 11) is 1.56. The summed E-state index contributed by atoms with van der Waals surface area (Å²) in [5, 5.41) is 0.893. The van der Waals surface area contributed by atoms with Crippen molar-refractivity contribution in [3.63, 3.8) is 0 Å². The Bertz CT molecular complexity index is 1460. The van der Waals surface area contributed by atoms with E-state index >= 15 is 0 Å². The Morgan fingerprint density at radius 2 is 1.64 bits per heavy atom. The van der Waals surface area contributed by atoms with Crippen molar-refractivity contribution >= 4 is 35.2 Å². The highest BCUT2D eigenvalue weighted by Gasteiger charge is 2.48. The highest BCUT2D eigenvalue weighted by Crippen LogP contribution is 2.41. The van der Waals surface area contributed by atoms with Gasteiger partial charge in [0.2, 0.25) is 5.91 Å². The molecule has 2 amide bonds. The number of carbonyl (C=O) groups is 2. The van der Waals surface area contributed by atoms with Crippen LogP contribution in [0, 0.1) is 5.92 Å². The van der Waals surface area contributed by atoms with Crippen LogP contribution in [-0.2, 0) is 25.5 Å². The summed E-state index contributed by atoms with van der Waals surface area (Å²) in [6, 6.07) is 23.9. The molecule has 1 saturated heterocycles. The van der Waals surface area contributed by atoms with E-state index in [4.69, 9.17) is 37.4 Å². The van der Waals surface area contributed by atoms with Crippen LogP contribution in [0.25, 0.3) is 11.1 Å². The van der Waals surface area contributed by atoms with Gasteiger partial charge in [0, 0.05) is 32.2 Å². The van der Waals surface area contributed by atoms with E-state index in [1.165, 1.54) is 0 Å². The molecular weight excluding hydrogens is 599 g/mol. The molecule has 0 aromatic heterocycles. The molecule has 0 N–H and O–H groups in total. The second-order valence-electron chi connectivity index (χ2n) is 12.5. The fraction of sp³-hybridized carbons (Fsp3) is 0.429. The molecule has 1 saturated carbocycles. The van der Waals surface area contributed by atoms with Crippen LogP contribution in [0.15, 0.2) is 72.8 Å². The molecule has 1 aliphatic heterocycles. The fourth-order valence-corrected chi connectivity index (χ4v) is 6.26. The fourth-order valence-electron chi connectivity index (χ4n) is 5.88. The van der Waals surface area contributed by atoms with Gasteiger partial charge in [0.05, 0.1) is 28.6 Å². The molecule has 234 valence electrons. The van der Waals surface area contributed by atoms with Gasteiger partial charge in [0.15, 0.2) is 0 Å². The van der Waals surface area contributed by atoms with E-state index in [1.54, 1.807) is 18.1 Å². The Morgan fingerprint density at radius 3 is 2.32 bits per heavy atom. The number of ether oxygens (including phenoxy) is 3.